The van der Waals surface area contributed by atoms with Gasteiger partial charge in [0.2, 0.25) is 0 Å². The van der Waals surface area contributed by atoms with Crippen LogP contribution in [-0.2, 0) is 12.8 Å². The van der Waals surface area contributed by atoms with Crippen LogP contribution < -0.4 is 10.6 Å². The third kappa shape index (κ3) is 4.65. The predicted octanol–water partition coefficient (Wildman–Crippen LogP) is 6.24. The van der Waals surface area contributed by atoms with Gasteiger partial charge >= 0.3 is 0 Å². The standard InChI is InChI=1S/C26H30N2O3S/c1-16(17-9-6-5-7-10-17)27-24(30)22-19-13-12-18(26(2,3)4)15-21(19)32-25(22)28-23(29)20-11-8-14-31-20/h5-11,14,16,18H,12-13,15H2,1-4H3,(H,27,30)(H,28,29). The smallest absolute Gasteiger partial charge is 0.291 e. The van der Waals surface area contributed by atoms with Gasteiger partial charge in [-0.1, -0.05) is 51.1 Å². The van der Waals surface area contributed by atoms with E-state index in [0.717, 1.165) is 30.4 Å². The summed E-state index contributed by atoms with van der Waals surface area (Å²) in [5, 5.41) is 6.67. The molecule has 0 saturated heterocycles. The van der Waals surface area contributed by atoms with Crippen molar-refractivity contribution >= 4 is 28.2 Å². The summed E-state index contributed by atoms with van der Waals surface area (Å²) < 4.78 is 5.25. The molecule has 1 aromatic carbocycles. The van der Waals surface area contributed by atoms with E-state index in [1.807, 2.05) is 37.3 Å². The molecule has 0 bridgehead atoms. The molecule has 4 rings (SSSR count). The van der Waals surface area contributed by atoms with Gasteiger partial charge in [-0.25, -0.2) is 0 Å². The summed E-state index contributed by atoms with van der Waals surface area (Å²) in [7, 11) is 0. The molecule has 2 aromatic heterocycles. The first-order chi connectivity index (χ1) is 15.2. The predicted molar refractivity (Wildman–Crippen MR) is 128 cm³/mol. The van der Waals surface area contributed by atoms with Crippen LogP contribution in [0.1, 0.15) is 77.1 Å². The summed E-state index contributed by atoms with van der Waals surface area (Å²) >= 11 is 1.52. The van der Waals surface area contributed by atoms with Crippen molar-refractivity contribution in [2.75, 3.05) is 5.32 Å². The Bertz CT molecular complexity index is 1090. The van der Waals surface area contributed by atoms with Gasteiger partial charge in [0, 0.05) is 4.88 Å². The van der Waals surface area contributed by atoms with E-state index in [1.54, 1.807) is 12.1 Å². The highest BCUT2D eigenvalue weighted by Crippen LogP contribution is 2.44. The molecule has 1 aliphatic carbocycles. The largest absolute Gasteiger partial charge is 0.459 e. The molecule has 2 N–H and O–H groups in total. The number of rotatable bonds is 5. The zero-order valence-corrected chi connectivity index (χ0v) is 19.8. The van der Waals surface area contributed by atoms with Crippen molar-refractivity contribution in [1.29, 1.82) is 0 Å². The summed E-state index contributed by atoms with van der Waals surface area (Å²) in [6, 6.07) is 13.1. The Hall–Kier alpha value is -2.86. The molecule has 168 valence electrons. The Morgan fingerprint density at radius 2 is 1.84 bits per heavy atom. The van der Waals surface area contributed by atoms with Crippen LogP contribution in [0.25, 0.3) is 0 Å². The highest BCUT2D eigenvalue weighted by Gasteiger charge is 2.34. The van der Waals surface area contributed by atoms with Crippen molar-refractivity contribution in [3.05, 3.63) is 76.1 Å². The second-order valence-corrected chi connectivity index (χ2v) is 10.7. The van der Waals surface area contributed by atoms with E-state index in [2.05, 4.69) is 31.4 Å². The first-order valence-electron chi connectivity index (χ1n) is 11.1. The lowest BCUT2D eigenvalue weighted by Crippen LogP contribution is -2.30. The van der Waals surface area contributed by atoms with Crippen LogP contribution in [0.3, 0.4) is 0 Å². The van der Waals surface area contributed by atoms with E-state index < -0.39 is 0 Å². The minimum Gasteiger partial charge on any atom is -0.459 e. The molecule has 5 nitrogen and oxygen atoms in total. The maximum absolute atomic E-state index is 13.4. The van der Waals surface area contributed by atoms with Crippen molar-refractivity contribution in [2.24, 2.45) is 11.3 Å². The molecule has 1 aliphatic rings. The number of carbonyl (C=O) groups excluding carboxylic acids is 2. The molecule has 0 saturated carbocycles. The van der Waals surface area contributed by atoms with Crippen molar-refractivity contribution < 1.29 is 14.0 Å². The number of nitrogens with one attached hydrogen (secondary N) is 2. The number of furan rings is 1. The number of amides is 2. The Morgan fingerprint density at radius 3 is 2.50 bits per heavy atom. The summed E-state index contributed by atoms with van der Waals surface area (Å²) in [5.41, 5.74) is 2.91. The number of fused-ring (bicyclic) bond motifs is 1. The van der Waals surface area contributed by atoms with Gasteiger partial charge in [0.15, 0.2) is 5.76 Å². The van der Waals surface area contributed by atoms with E-state index in [0.29, 0.717) is 16.5 Å². The van der Waals surface area contributed by atoms with Crippen LogP contribution in [0, 0.1) is 11.3 Å². The zero-order chi connectivity index (χ0) is 22.9. The molecule has 6 heteroatoms. The van der Waals surface area contributed by atoms with Crippen molar-refractivity contribution in [3.63, 3.8) is 0 Å². The molecule has 2 atom stereocenters. The Balaban J connectivity index is 1.65. The molecular weight excluding hydrogens is 420 g/mol. The maximum atomic E-state index is 13.4. The van der Waals surface area contributed by atoms with Gasteiger partial charge in [-0.15, -0.1) is 11.3 Å². The van der Waals surface area contributed by atoms with Crippen LogP contribution in [-0.4, -0.2) is 11.8 Å². The van der Waals surface area contributed by atoms with Crippen molar-refractivity contribution in [1.82, 2.24) is 5.32 Å². The SMILES string of the molecule is CC(NC(=O)c1c(NC(=O)c2ccco2)sc2c1CCC(C(C)(C)C)C2)c1ccccc1. The Labute approximate surface area is 193 Å². The number of anilines is 1. The van der Waals surface area contributed by atoms with Crippen molar-refractivity contribution in [3.8, 4) is 0 Å². The van der Waals surface area contributed by atoms with Crippen LogP contribution in [0.2, 0.25) is 0 Å². The number of carbonyl (C=O) groups is 2. The lowest BCUT2D eigenvalue weighted by atomic mass is 9.72. The lowest BCUT2D eigenvalue weighted by Gasteiger charge is -2.34. The number of hydrogen-bond acceptors (Lipinski definition) is 4. The molecule has 0 spiro atoms. The van der Waals surface area contributed by atoms with Gasteiger partial charge in [-0.05, 0) is 60.8 Å². The molecule has 32 heavy (non-hydrogen) atoms. The second-order valence-electron chi connectivity index (χ2n) is 9.55. The Morgan fingerprint density at radius 1 is 1.09 bits per heavy atom. The second kappa shape index (κ2) is 8.94. The van der Waals surface area contributed by atoms with Crippen LogP contribution in [0.15, 0.2) is 53.1 Å². The van der Waals surface area contributed by atoms with E-state index in [9.17, 15) is 9.59 Å². The topological polar surface area (TPSA) is 71.3 Å². The maximum Gasteiger partial charge on any atom is 0.291 e. The molecule has 0 fully saturated rings. The quantitative estimate of drug-likeness (QED) is 0.484. The minimum atomic E-state index is -0.342. The number of hydrogen-bond donors (Lipinski definition) is 2. The molecule has 0 aliphatic heterocycles. The third-order valence-corrected chi connectivity index (χ3v) is 7.51. The van der Waals surface area contributed by atoms with Crippen molar-refractivity contribution in [2.45, 2.75) is 53.0 Å². The summed E-state index contributed by atoms with van der Waals surface area (Å²) in [5.74, 6) is 0.281. The lowest BCUT2D eigenvalue weighted by molar-refractivity contribution is 0.0939. The highest BCUT2D eigenvalue weighted by molar-refractivity contribution is 7.17. The highest BCUT2D eigenvalue weighted by atomic mass is 32.1. The molecular formula is C26H30N2O3S. The molecule has 3 aromatic rings. The first-order valence-corrected chi connectivity index (χ1v) is 11.9. The molecule has 2 heterocycles. The van der Waals surface area contributed by atoms with Gasteiger partial charge < -0.3 is 15.1 Å². The molecule has 2 amide bonds. The van der Waals surface area contributed by atoms with Gasteiger partial charge in [0.05, 0.1) is 17.9 Å². The molecule has 2 unspecified atom stereocenters. The van der Waals surface area contributed by atoms with Crippen LogP contribution in [0.5, 0.6) is 0 Å². The summed E-state index contributed by atoms with van der Waals surface area (Å²) in [4.78, 5) is 27.3. The first kappa shape index (κ1) is 22.3. The summed E-state index contributed by atoms with van der Waals surface area (Å²) in [6.45, 7) is 8.78. The zero-order valence-electron chi connectivity index (χ0n) is 19.0. The van der Waals surface area contributed by atoms with E-state index in [1.165, 1.54) is 22.5 Å². The third-order valence-electron chi connectivity index (χ3n) is 6.34. The van der Waals surface area contributed by atoms with Crippen LogP contribution in [0.4, 0.5) is 5.00 Å². The number of thiophene rings is 1. The average molecular weight is 451 g/mol. The average Bonchev–Trinajstić information content (AvgIpc) is 3.41. The van der Waals surface area contributed by atoms with Gasteiger partial charge in [0.1, 0.15) is 5.00 Å². The molecule has 0 radical (unpaired) electrons. The normalized spacial score (nSPS) is 16.8. The number of benzene rings is 1. The van der Waals surface area contributed by atoms with Gasteiger partial charge in [0.25, 0.3) is 11.8 Å². The van der Waals surface area contributed by atoms with E-state index >= 15 is 0 Å². The van der Waals surface area contributed by atoms with E-state index in [4.69, 9.17) is 4.42 Å². The van der Waals surface area contributed by atoms with E-state index in [-0.39, 0.29) is 29.0 Å². The monoisotopic (exact) mass is 450 g/mol. The fourth-order valence-electron chi connectivity index (χ4n) is 4.32. The van der Waals surface area contributed by atoms with Gasteiger partial charge in [-0.2, -0.15) is 0 Å². The fourth-order valence-corrected chi connectivity index (χ4v) is 5.64. The fraction of sp³-hybridized carbons (Fsp3) is 0.385. The van der Waals surface area contributed by atoms with Gasteiger partial charge in [-0.3, -0.25) is 9.59 Å². The minimum absolute atomic E-state index is 0.140. The summed E-state index contributed by atoms with van der Waals surface area (Å²) in [6.07, 6.45) is 4.27. The Kier molecular flexibility index (Phi) is 6.24. The van der Waals surface area contributed by atoms with Crippen LogP contribution >= 0.6 is 11.3 Å².